The van der Waals surface area contributed by atoms with Gasteiger partial charge >= 0.3 is 11.8 Å². The minimum Gasteiger partial charge on any atom is -0.480 e. The van der Waals surface area contributed by atoms with Crippen LogP contribution in [0.15, 0.2) is 36.5 Å². The van der Waals surface area contributed by atoms with Gasteiger partial charge in [-0.2, -0.15) is 4.68 Å². The number of carboxylic acids is 1. The van der Waals surface area contributed by atoms with Gasteiger partial charge in [-0.15, -0.1) is 0 Å². The topological polar surface area (TPSA) is 110 Å². The van der Waals surface area contributed by atoms with Crippen molar-refractivity contribution >= 4 is 17.5 Å². The second kappa shape index (κ2) is 6.04. The lowest BCUT2D eigenvalue weighted by Gasteiger charge is -2.07. The van der Waals surface area contributed by atoms with Crippen molar-refractivity contribution in [3.63, 3.8) is 0 Å². The fourth-order valence-electron chi connectivity index (χ4n) is 1.79. The maximum atomic E-state index is 11.0. The zero-order valence-electron chi connectivity index (χ0n) is 11.3. The lowest BCUT2D eigenvalue weighted by atomic mass is 10.2. The Morgan fingerprint density at radius 3 is 2.71 bits per heavy atom. The van der Waals surface area contributed by atoms with Gasteiger partial charge in [0.15, 0.2) is 5.69 Å². The summed E-state index contributed by atoms with van der Waals surface area (Å²) in [6.45, 7) is 1.77. The molecule has 1 atom stereocenters. The van der Waals surface area contributed by atoms with Crippen LogP contribution in [0.25, 0.3) is 0 Å². The first kappa shape index (κ1) is 14.5. The average molecular weight is 290 g/mol. The molecule has 0 fully saturated rings. The maximum Gasteiger partial charge on any atom is 0.413 e. The summed E-state index contributed by atoms with van der Waals surface area (Å²) in [5.41, 5.74) is 1.03. The van der Waals surface area contributed by atoms with Crippen LogP contribution in [0.2, 0.25) is 0 Å². The molecule has 8 nitrogen and oxygen atoms in total. The van der Waals surface area contributed by atoms with Crippen LogP contribution in [0.3, 0.4) is 0 Å². The van der Waals surface area contributed by atoms with Gasteiger partial charge < -0.3 is 20.5 Å². The first-order valence-corrected chi connectivity index (χ1v) is 6.22. The summed E-state index contributed by atoms with van der Waals surface area (Å²) >= 11 is 0. The quantitative estimate of drug-likeness (QED) is 0.619. The third-order valence-corrected chi connectivity index (χ3v) is 2.84. The van der Waals surface area contributed by atoms with Gasteiger partial charge in [0.05, 0.1) is 17.8 Å². The predicted octanol–water partition coefficient (Wildman–Crippen LogP) is 1.72. The van der Waals surface area contributed by atoms with Gasteiger partial charge in [-0.25, -0.2) is 0 Å². The first-order chi connectivity index (χ1) is 9.97. The van der Waals surface area contributed by atoms with Crippen molar-refractivity contribution in [1.82, 2.24) is 9.78 Å². The van der Waals surface area contributed by atoms with Crippen LogP contribution < -0.4 is 5.32 Å². The molecule has 0 unspecified atom stereocenters. The number of carbonyl (C=O) groups is 1. The average Bonchev–Trinajstić information content (AvgIpc) is 2.82. The third kappa shape index (κ3) is 3.56. The summed E-state index contributed by atoms with van der Waals surface area (Å²) in [6, 6.07) is 8.40. The Morgan fingerprint density at radius 2 is 2.14 bits per heavy atom. The van der Waals surface area contributed by atoms with E-state index in [2.05, 4.69) is 10.4 Å². The van der Waals surface area contributed by atoms with Crippen molar-refractivity contribution in [3.05, 3.63) is 52.2 Å². The minimum atomic E-state index is -1.10. The molecular weight excluding hydrogens is 276 g/mol. The molecule has 0 radical (unpaired) electrons. The van der Waals surface area contributed by atoms with Gasteiger partial charge in [-0.1, -0.05) is 30.3 Å². The number of benzene rings is 1. The Hall–Kier alpha value is -2.90. The molecule has 2 N–H and O–H groups in total. The Bertz CT molecular complexity index is 653. The molecule has 1 aromatic heterocycles. The van der Waals surface area contributed by atoms with Crippen LogP contribution in [0, 0.1) is 10.1 Å². The van der Waals surface area contributed by atoms with E-state index in [0.717, 1.165) is 5.56 Å². The van der Waals surface area contributed by atoms with Gasteiger partial charge in [0.1, 0.15) is 6.04 Å². The molecule has 110 valence electrons. The fraction of sp³-hybridized carbons (Fsp3) is 0.231. The predicted molar refractivity (Wildman–Crippen MR) is 75.1 cm³/mol. The molecule has 0 spiro atoms. The van der Waals surface area contributed by atoms with E-state index in [0.29, 0.717) is 6.54 Å². The highest BCUT2D eigenvalue weighted by atomic mass is 16.6. The molecule has 0 saturated heterocycles. The summed E-state index contributed by atoms with van der Waals surface area (Å²) in [7, 11) is 0. The van der Waals surface area contributed by atoms with Crippen LogP contribution in [0.4, 0.5) is 11.5 Å². The van der Waals surface area contributed by atoms with Crippen LogP contribution in [-0.2, 0) is 11.3 Å². The van der Waals surface area contributed by atoms with Crippen molar-refractivity contribution < 1.29 is 14.8 Å². The monoisotopic (exact) mass is 290 g/mol. The molecule has 0 aliphatic heterocycles. The molecule has 21 heavy (non-hydrogen) atoms. The molecule has 2 rings (SSSR count). The van der Waals surface area contributed by atoms with Crippen LogP contribution in [0.5, 0.6) is 0 Å². The number of anilines is 1. The van der Waals surface area contributed by atoms with E-state index in [1.165, 1.54) is 17.8 Å². The number of aromatic nitrogens is 2. The van der Waals surface area contributed by atoms with E-state index in [4.69, 9.17) is 5.11 Å². The summed E-state index contributed by atoms with van der Waals surface area (Å²) in [5.74, 6) is -1.49. The third-order valence-electron chi connectivity index (χ3n) is 2.84. The largest absolute Gasteiger partial charge is 0.480 e. The fourth-order valence-corrected chi connectivity index (χ4v) is 1.79. The molecular formula is C13H14N4O4. The van der Waals surface area contributed by atoms with Crippen molar-refractivity contribution in [1.29, 1.82) is 0 Å². The van der Waals surface area contributed by atoms with Crippen molar-refractivity contribution in [2.24, 2.45) is 0 Å². The standard InChI is InChI=1S/C13H14N4O4/c1-9(13(18)19)14-11-8-16(15-12(11)17(20)21)7-10-5-3-2-4-6-10/h2-6,8-9,14H,7H2,1H3,(H,18,19)/t9-/m0/s1. The number of carboxylic acid groups (broad SMARTS) is 1. The van der Waals surface area contributed by atoms with E-state index in [1.807, 2.05) is 30.3 Å². The zero-order chi connectivity index (χ0) is 15.4. The Balaban J connectivity index is 2.24. The minimum absolute atomic E-state index is 0.0887. The van der Waals surface area contributed by atoms with E-state index >= 15 is 0 Å². The van der Waals surface area contributed by atoms with Crippen LogP contribution >= 0.6 is 0 Å². The van der Waals surface area contributed by atoms with Gasteiger partial charge in [0.25, 0.3) is 0 Å². The second-order valence-electron chi connectivity index (χ2n) is 4.51. The summed E-state index contributed by atoms with van der Waals surface area (Å²) in [5, 5.41) is 26.3. The molecule has 1 aromatic carbocycles. The first-order valence-electron chi connectivity index (χ1n) is 6.22. The highest BCUT2D eigenvalue weighted by molar-refractivity contribution is 5.77. The Kier molecular flexibility index (Phi) is 4.17. The van der Waals surface area contributed by atoms with Crippen LogP contribution in [-0.4, -0.2) is 31.8 Å². The lowest BCUT2D eigenvalue weighted by Crippen LogP contribution is -2.25. The van der Waals surface area contributed by atoms with Gasteiger partial charge in [-0.3, -0.25) is 4.79 Å². The van der Waals surface area contributed by atoms with E-state index in [1.54, 1.807) is 0 Å². The number of nitro groups is 1. The molecule has 0 aliphatic carbocycles. The lowest BCUT2D eigenvalue weighted by molar-refractivity contribution is -0.388. The summed E-state index contributed by atoms with van der Waals surface area (Å²) in [6.07, 6.45) is 1.44. The highest BCUT2D eigenvalue weighted by Gasteiger charge is 2.24. The number of hydrogen-bond donors (Lipinski definition) is 2. The zero-order valence-corrected chi connectivity index (χ0v) is 11.3. The summed E-state index contributed by atoms with van der Waals surface area (Å²) in [4.78, 5) is 21.2. The highest BCUT2D eigenvalue weighted by Crippen LogP contribution is 2.23. The smallest absolute Gasteiger partial charge is 0.413 e. The number of aliphatic carboxylic acids is 1. The Labute approximate surface area is 120 Å². The molecule has 0 aliphatic rings. The Morgan fingerprint density at radius 1 is 1.48 bits per heavy atom. The van der Waals surface area contributed by atoms with E-state index in [9.17, 15) is 14.9 Å². The van der Waals surface area contributed by atoms with Crippen molar-refractivity contribution in [2.45, 2.75) is 19.5 Å². The van der Waals surface area contributed by atoms with Gasteiger partial charge in [-0.05, 0) is 17.4 Å². The molecule has 1 heterocycles. The molecule has 0 saturated carbocycles. The van der Waals surface area contributed by atoms with Gasteiger partial charge in [0.2, 0.25) is 0 Å². The SMILES string of the molecule is C[C@H](Nc1cn(Cc2ccccc2)nc1[N+](=O)[O-])C(=O)O. The molecule has 0 bridgehead atoms. The molecule has 0 amide bonds. The van der Waals surface area contributed by atoms with E-state index < -0.39 is 16.9 Å². The maximum absolute atomic E-state index is 11.0. The molecule has 8 heteroatoms. The van der Waals surface area contributed by atoms with Crippen LogP contribution in [0.1, 0.15) is 12.5 Å². The van der Waals surface area contributed by atoms with E-state index in [-0.39, 0.29) is 11.5 Å². The number of nitrogens with one attached hydrogen (secondary N) is 1. The van der Waals surface area contributed by atoms with Crippen molar-refractivity contribution in [2.75, 3.05) is 5.32 Å². The second-order valence-corrected chi connectivity index (χ2v) is 4.51. The summed E-state index contributed by atoms with van der Waals surface area (Å²) < 4.78 is 1.41. The normalized spacial score (nSPS) is 11.9. The number of hydrogen-bond acceptors (Lipinski definition) is 5. The number of rotatable bonds is 6. The van der Waals surface area contributed by atoms with Crippen molar-refractivity contribution in [3.8, 4) is 0 Å². The number of nitrogens with zero attached hydrogens (tertiary/aromatic N) is 3. The molecule has 2 aromatic rings. The van der Waals surface area contributed by atoms with Gasteiger partial charge in [0, 0.05) is 0 Å².